The molecule has 0 aliphatic heterocycles. The highest BCUT2D eigenvalue weighted by Crippen LogP contribution is 2.34. The van der Waals surface area contributed by atoms with Crippen molar-refractivity contribution in [2.45, 2.75) is 57.0 Å². The predicted molar refractivity (Wildman–Crippen MR) is 127 cm³/mol. The van der Waals surface area contributed by atoms with Crippen molar-refractivity contribution in [2.24, 2.45) is 13.0 Å². The van der Waals surface area contributed by atoms with E-state index in [9.17, 15) is 14.4 Å². The molecule has 0 radical (unpaired) electrons. The predicted octanol–water partition coefficient (Wildman–Crippen LogP) is 4.00. The molecule has 11 heteroatoms. The second-order valence-electron chi connectivity index (χ2n) is 8.08. The summed E-state index contributed by atoms with van der Waals surface area (Å²) in [6.45, 7) is 1.62. The first-order valence-corrected chi connectivity index (χ1v) is 12.8. The molecule has 1 saturated carbocycles. The van der Waals surface area contributed by atoms with Crippen molar-refractivity contribution < 1.29 is 23.9 Å². The lowest BCUT2D eigenvalue weighted by atomic mass is 9.86. The Labute approximate surface area is 201 Å². The number of thioether (sulfide) groups is 1. The fourth-order valence-electron chi connectivity index (χ4n) is 4.03. The van der Waals surface area contributed by atoms with Crippen LogP contribution in [-0.4, -0.2) is 52.6 Å². The normalized spacial score (nSPS) is 14.2. The average molecular weight is 495 g/mol. The highest BCUT2D eigenvalue weighted by Gasteiger charge is 2.27. The van der Waals surface area contributed by atoms with Crippen LogP contribution in [-0.2, 0) is 27.7 Å². The Bertz CT molecular complexity index is 1010. The van der Waals surface area contributed by atoms with Crippen LogP contribution in [0, 0.1) is 12.8 Å². The van der Waals surface area contributed by atoms with Gasteiger partial charge in [-0.25, -0.2) is 9.59 Å². The lowest BCUT2D eigenvalue weighted by Crippen LogP contribution is -2.16. The summed E-state index contributed by atoms with van der Waals surface area (Å²) in [5.74, 6) is 0.253. The smallest absolute Gasteiger partial charge is 0.348 e. The first-order chi connectivity index (χ1) is 15.8. The number of nitrogens with zero attached hydrogens (tertiary/aromatic N) is 3. The van der Waals surface area contributed by atoms with E-state index in [2.05, 4.69) is 15.5 Å². The third kappa shape index (κ3) is 6.14. The van der Waals surface area contributed by atoms with Gasteiger partial charge in [-0.1, -0.05) is 43.9 Å². The molecule has 2 aromatic heterocycles. The van der Waals surface area contributed by atoms with E-state index >= 15 is 0 Å². The molecule has 1 aliphatic rings. The minimum absolute atomic E-state index is 0.0831. The molecule has 0 aromatic carbocycles. The first-order valence-electron chi connectivity index (χ1n) is 11.0. The molecular weight excluding hydrogens is 464 g/mol. The Morgan fingerprint density at radius 3 is 2.48 bits per heavy atom. The largest absolute Gasteiger partial charge is 0.465 e. The Morgan fingerprint density at radius 2 is 1.82 bits per heavy atom. The third-order valence-corrected chi connectivity index (χ3v) is 8.13. The summed E-state index contributed by atoms with van der Waals surface area (Å²) in [6, 6.07) is 0. The molecule has 0 bridgehead atoms. The average Bonchev–Trinajstić information content (AvgIpc) is 3.34. The number of aryl methyl sites for hydroxylation is 1. The summed E-state index contributed by atoms with van der Waals surface area (Å²) in [5, 5.41) is 12.2. The van der Waals surface area contributed by atoms with E-state index < -0.39 is 11.9 Å². The fourth-order valence-corrected chi connectivity index (χ4v) is 5.89. The molecule has 1 amide bonds. The lowest BCUT2D eigenvalue weighted by molar-refractivity contribution is -0.113. The van der Waals surface area contributed by atoms with Crippen LogP contribution in [0.25, 0.3) is 0 Å². The van der Waals surface area contributed by atoms with Gasteiger partial charge in [-0.15, -0.1) is 21.5 Å². The summed E-state index contributed by atoms with van der Waals surface area (Å²) in [7, 11) is 4.42. The number of thiophene rings is 1. The number of carbonyl (C=O) groups excluding carboxylic acids is 3. The number of rotatable bonds is 9. The minimum atomic E-state index is -0.627. The molecule has 1 aliphatic carbocycles. The number of hydrogen-bond donors (Lipinski definition) is 1. The number of nitrogens with one attached hydrogen (secondary N) is 1. The molecule has 9 nitrogen and oxygen atoms in total. The zero-order chi connectivity index (χ0) is 24.0. The molecule has 0 atom stereocenters. The van der Waals surface area contributed by atoms with Gasteiger partial charge in [0.15, 0.2) is 5.16 Å². The van der Waals surface area contributed by atoms with Crippen LogP contribution in [0.4, 0.5) is 5.00 Å². The Hall–Kier alpha value is -2.40. The van der Waals surface area contributed by atoms with E-state index in [1.54, 1.807) is 6.92 Å². The van der Waals surface area contributed by atoms with Gasteiger partial charge < -0.3 is 19.4 Å². The van der Waals surface area contributed by atoms with E-state index in [0.29, 0.717) is 10.7 Å². The Balaban J connectivity index is 1.61. The monoisotopic (exact) mass is 494 g/mol. The second-order valence-corrected chi connectivity index (χ2v) is 10.0. The van der Waals surface area contributed by atoms with Gasteiger partial charge in [0.25, 0.3) is 0 Å². The maximum Gasteiger partial charge on any atom is 0.348 e. The molecule has 3 rings (SSSR count). The quantitative estimate of drug-likeness (QED) is 0.411. The van der Waals surface area contributed by atoms with E-state index in [1.165, 1.54) is 58.1 Å². The summed E-state index contributed by atoms with van der Waals surface area (Å²) < 4.78 is 11.5. The zero-order valence-electron chi connectivity index (χ0n) is 19.4. The van der Waals surface area contributed by atoms with Gasteiger partial charge in [-0.3, -0.25) is 4.79 Å². The van der Waals surface area contributed by atoms with Crippen LogP contribution in [0.2, 0.25) is 0 Å². The fraction of sp³-hybridized carbons (Fsp3) is 0.591. The van der Waals surface area contributed by atoms with Crippen LogP contribution in [0.3, 0.4) is 0 Å². The second kappa shape index (κ2) is 11.6. The highest BCUT2D eigenvalue weighted by atomic mass is 32.2. The number of methoxy groups -OCH3 is 2. The number of amides is 1. The molecule has 0 spiro atoms. The summed E-state index contributed by atoms with van der Waals surface area (Å²) >= 11 is 2.26. The zero-order valence-corrected chi connectivity index (χ0v) is 21.1. The Morgan fingerprint density at radius 1 is 1.12 bits per heavy atom. The number of anilines is 1. The molecular formula is C22H30N4O5S2. The van der Waals surface area contributed by atoms with Crippen molar-refractivity contribution in [3.8, 4) is 0 Å². The van der Waals surface area contributed by atoms with E-state index in [0.717, 1.165) is 35.9 Å². The van der Waals surface area contributed by atoms with Crippen molar-refractivity contribution in [1.82, 2.24) is 14.8 Å². The molecule has 0 saturated heterocycles. The van der Waals surface area contributed by atoms with Gasteiger partial charge in [-0.2, -0.15) is 0 Å². The van der Waals surface area contributed by atoms with Crippen LogP contribution < -0.4 is 5.32 Å². The van der Waals surface area contributed by atoms with Crippen LogP contribution >= 0.6 is 23.1 Å². The van der Waals surface area contributed by atoms with Crippen LogP contribution in [0.5, 0.6) is 0 Å². The van der Waals surface area contributed by atoms with Gasteiger partial charge in [0, 0.05) is 13.5 Å². The number of ether oxygens (including phenoxy) is 2. The van der Waals surface area contributed by atoms with Gasteiger partial charge in [0.1, 0.15) is 15.7 Å². The summed E-state index contributed by atoms with van der Waals surface area (Å²) in [6.07, 6.45) is 8.59. The van der Waals surface area contributed by atoms with E-state index in [-0.39, 0.29) is 27.1 Å². The molecule has 180 valence electrons. The SMILES string of the molecule is COC(=O)c1sc(NC(=O)CSc2nnc(CCC3CCCCC3)n2C)c(C(=O)OC)c1C. The number of hydrogen-bond acceptors (Lipinski definition) is 9. The van der Waals surface area contributed by atoms with Crippen molar-refractivity contribution in [3.05, 3.63) is 21.8 Å². The standard InChI is InChI=1S/C22H30N4O5S2/c1-13-17(20(28)30-3)19(33-18(13)21(29)31-4)23-16(27)12-32-22-25-24-15(26(22)2)11-10-14-8-6-5-7-9-14/h14H,5-12H2,1-4H3,(H,23,27). The number of carbonyl (C=O) groups is 3. The molecule has 0 unspecified atom stereocenters. The van der Waals surface area contributed by atoms with Gasteiger partial charge >= 0.3 is 11.9 Å². The van der Waals surface area contributed by atoms with E-state index in [4.69, 9.17) is 9.47 Å². The molecule has 1 fully saturated rings. The number of esters is 2. The summed E-state index contributed by atoms with van der Waals surface area (Å²) in [4.78, 5) is 37.1. The molecule has 2 aromatic rings. The minimum Gasteiger partial charge on any atom is -0.465 e. The van der Waals surface area contributed by atoms with Crippen molar-refractivity contribution >= 4 is 45.9 Å². The molecule has 2 heterocycles. The third-order valence-electron chi connectivity index (χ3n) is 5.92. The number of aromatic nitrogens is 3. The van der Waals surface area contributed by atoms with Crippen LogP contribution in [0.15, 0.2) is 5.16 Å². The first kappa shape index (κ1) is 25.2. The topological polar surface area (TPSA) is 112 Å². The Kier molecular flexibility index (Phi) is 8.90. The van der Waals surface area contributed by atoms with Crippen molar-refractivity contribution in [2.75, 3.05) is 25.3 Å². The van der Waals surface area contributed by atoms with Crippen molar-refractivity contribution in [1.29, 1.82) is 0 Å². The molecule has 33 heavy (non-hydrogen) atoms. The lowest BCUT2D eigenvalue weighted by Gasteiger charge is -2.20. The van der Waals surface area contributed by atoms with Gasteiger partial charge in [-0.05, 0) is 24.8 Å². The maximum absolute atomic E-state index is 12.6. The highest BCUT2D eigenvalue weighted by molar-refractivity contribution is 7.99. The van der Waals surface area contributed by atoms with E-state index in [1.807, 2.05) is 11.6 Å². The maximum atomic E-state index is 12.6. The van der Waals surface area contributed by atoms with Crippen molar-refractivity contribution in [3.63, 3.8) is 0 Å². The molecule has 1 N–H and O–H groups in total. The van der Waals surface area contributed by atoms with Gasteiger partial charge in [0.05, 0.1) is 25.5 Å². The van der Waals surface area contributed by atoms with Crippen LogP contribution in [0.1, 0.15) is 69.9 Å². The summed E-state index contributed by atoms with van der Waals surface area (Å²) in [5.41, 5.74) is 0.572. The van der Waals surface area contributed by atoms with Gasteiger partial charge in [0.2, 0.25) is 5.91 Å².